The van der Waals surface area contributed by atoms with E-state index in [9.17, 15) is 9.59 Å². The first kappa shape index (κ1) is 28.4. The number of aryl methyl sites for hydroxylation is 2. The SMILES string of the molecule is Cn1cc(CC(=O)Nc2nnc([C@@H]3CCC[C@@H](c4nnc(NC(=O)Cc5cn(C)c6ccccc56)s4)C3)s2)c2ccccc21. The molecule has 0 aliphatic heterocycles. The monoisotopic (exact) mass is 624 g/mol. The Kier molecular flexibility index (Phi) is 7.69. The number of carbonyl (C=O) groups excluding carboxylic acids is 2. The van der Waals surface area contributed by atoms with Gasteiger partial charge in [0, 0.05) is 60.1 Å². The highest BCUT2D eigenvalue weighted by Crippen LogP contribution is 2.43. The average molecular weight is 625 g/mol. The van der Waals surface area contributed by atoms with Crippen LogP contribution < -0.4 is 10.6 Å². The Labute approximate surface area is 262 Å². The van der Waals surface area contributed by atoms with Gasteiger partial charge in [-0.2, -0.15) is 0 Å². The number of hydrogen-bond donors (Lipinski definition) is 2. The van der Waals surface area contributed by atoms with Gasteiger partial charge in [-0.05, 0) is 42.5 Å². The number of nitrogens with one attached hydrogen (secondary N) is 2. The van der Waals surface area contributed by atoms with Crippen molar-refractivity contribution < 1.29 is 9.59 Å². The van der Waals surface area contributed by atoms with Crippen LogP contribution in [0.25, 0.3) is 21.8 Å². The van der Waals surface area contributed by atoms with Gasteiger partial charge in [0.1, 0.15) is 10.0 Å². The molecule has 12 heteroatoms. The summed E-state index contributed by atoms with van der Waals surface area (Å²) in [5.74, 6) is 0.274. The van der Waals surface area contributed by atoms with Crippen LogP contribution in [-0.4, -0.2) is 41.3 Å². The number of fused-ring (bicyclic) bond motifs is 2. The molecule has 0 saturated heterocycles. The molecule has 1 fully saturated rings. The van der Waals surface area contributed by atoms with Gasteiger partial charge in [0.05, 0.1) is 12.8 Å². The van der Waals surface area contributed by atoms with Gasteiger partial charge < -0.3 is 19.8 Å². The molecule has 6 aromatic rings. The van der Waals surface area contributed by atoms with Crippen LogP contribution in [0.5, 0.6) is 0 Å². The second-order valence-electron chi connectivity index (χ2n) is 11.5. The van der Waals surface area contributed by atoms with E-state index in [0.717, 1.165) is 68.6 Å². The van der Waals surface area contributed by atoms with Crippen molar-refractivity contribution in [1.82, 2.24) is 29.5 Å². The predicted molar refractivity (Wildman–Crippen MR) is 174 cm³/mol. The van der Waals surface area contributed by atoms with E-state index < -0.39 is 0 Å². The average Bonchev–Trinajstić information content (AvgIpc) is 3.81. The number of para-hydroxylation sites is 2. The van der Waals surface area contributed by atoms with E-state index in [0.29, 0.717) is 10.3 Å². The van der Waals surface area contributed by atoms with E-state index in [2.05, 4.69) is 43.2 Å². The Morgan fingerprint density at radius 1 is 0.727 bits per heavy atom. The van der Waals surface area contributed by atoms with Gasteiger partial charge in [-0.3, -0.25) is 9.59 Å². The van der Waals surface area contributed by atoms with Crippen LogP contribution in [0.4, 0.5) is 10.3 Å². The molecule has 2 N–H and O–H groups in total. The molecule has 1 aliphatic rings. The molecular formula is C32H32N8O2S2. The van der Waals surface area contributed by atoms with Crippen molar-refractivity contribution in [3.8, 4) is 0 Å². The molecule has 224 valence electrons. The summed E-state index contributed by atoms with van der Waals surface area (Å²) in [7, 11) is 3.98. The molecule has 4 heterocycles. The summed E-state index contributed by atoms with van der Waals surface area (Å²) in [6.07, 6.45) is 8.53. The van der Waals surface area contributed by atoms with Gasteiger partial charge in [0.2, 0.25) is 22.1 Å². The maximum absolute atomic E-state index is 12.9. The molecule has 1 saturated carbocycles. The van der Waals surface area contributed by atoms with Crippen LogP contribution in [0.3, 0.4) is 0 Å². The van der Waals surface area contributed by atoms with Crippen molar-refractivity contribution in [2.24, 2.45) is 14.1 Å². The van der Waals surface area contributed by atoms with Crippen molar-refractivity contribution in [2.75, 3.05) is 10.6 Å². The third-order valence-electron chi connectivity index (χ3n) is 8.41. The molecule has 44 heavy (non-hydrogen) atoms. The number of carbonyl (C=O) groups is 2. The highest BCUT2D eigenvalue weighted by Gasteiger charge is 2.29. The van der Waals surface area contributed by atoms with Crippen molar-refractivity contribution in [1.29, 1.82) is 0 Å². The molecule has 0 radical (unpaired) electrons. The summed E-state index contributed by atoms with van der Waals surface area (Å²) in [4.78, 5) is 25.7. The number of anilines is 2. The fourth-order valence-electron chi connectivity index (χ4n) is 6.34. The minimum absolute atomic E-state index is 0.102. The zero-order valence-electron chi connectivity index (χ0n) is 24.5. The molecule has 10 nitrogen and oxygen atoms in total. The number of nitrogens with zero attached hydrogens (tertiary/aromatic N) is 6. The standard InChI is InChI=1S/C32H32N8O2S2/c1-39-17-21(23-10-3-5-12-25(23)39)15-27(41)33-31-37-35-29(43-31)19-8-7-9-20(14-19)30-36-38-32(44-30)34-28(42)16-22-18-40(2)26-13-6-4-11-24(22)26/h3-6,10-13,17-20H,7-9,14-16H2,1-2H3,(H,33,37,41)(H,34,38,42)/t19-,20-/m1/s1. The van der Waals surface area contributed by atoms with Gasteiger partial charge >= 0.3 is 0 Å². The van der Waals surface area contributed by atoms with Crippen LogP contribution in [0.1, 0.15) is 58.7 Å². The zero-order chi connectivity index (χ0) is 30.2. The fourth-order valence-corrected chi connectivity index (χ4v) is 8.16. The summed E-state index contributed by atoms with van der Waals surface area (Å²) in [5, 5.41) is 28.5. The van der Waals surface area contributed by atoms with Crippen molar-refractivity contribution in [2.45, 2.75) is 50.4 Å². The number of aromatic nitrogens is 6. The molecule has 1 aliphatic carbocycles. The fraction of sp³-hybridized carbons (Fsp3) is 0.312. The third-order valence-corrected chi connectivity index (χ3v) is 10.4. The van der Waals surface area contributed by atoms with Gasteiger partial charge in [0.25, 0.3) is 0 Å². The van der Waals surface area contributed by atoms with Crippen molar-refractivity contribution in [3.05, 3.63) is 82.1 Å². The van der Waals surface area contributed by atoms with E-state index in [-0.39, 0.29) is 36.5 Å². The maximum atomic E-state index is 12.9. The highest BCUT2D eigenvalue weighted by atomic mass is 32.1. The molecule has 0 spiro atoms. The second kappa shape index (κ2) is 11.9. The Bertz CT molecular complexity index is 1850. The molecule has 2 atom stereocenters. The minimum atomic E-state index is -0.102. The number of hydrogen-bond acceptors (Lipinski definition) is 8. The number of benzene rings is 2. The van der Waals surface area contributed by atoms with E-state index in [1.807, 2.05) is 72.0 Å². The number of amides is 2. The first-order chi connectivity index (χ1) is 21.4. The van der Waals surface area contributed by atoms with E-state index in [1.165, 1.54) is 22.7 Å². The van der Waals surface area contributed by atoms with Crippen LogP contribution in [0.15, 0.2) is 60.9 Å². The predicted octanol–water partition coefficient (Wildman–Crippen LogP) is 6.18. The van der Waals surface area contributed by atoms with Crippen LogP contribution >= 0.6 is 22.7 Å². The summed E-state index contributed by atoms with van der Waals surface area (Å²) in [6.45, 7) is 0. The first-order valence-corrected chi connectivity index (χ1v) is 16.4. The van der Waals surface area contributed by atoms with Gasteiger partial charge in [-0.25, -0.2) is 0 Å². The lowest BCUT2D eigenvalue weighted by Crippen LogP contribution is -2.14. The smallest absolute Gasteiger partial charge is 0.230 e. The first-order valence-electron chi connectivity index (χ1n) is 14.7. The van der Waals surface area contributed by atoms with Gasteiger partial charge in [0.15, 0.2) is 0 Å². The molecular weight excluding hydrogens is 593 g/mol. The van der Waals surface area contributed by atoms with E-state index >= 15 is 0 Å². The van der Waals surface area contributed by atoms with E-state index in [4.69, 9.17) is 0 Å². The number of rotatable bonds is 8. The Morgan fingerprint density at radius 3 is 1.66 bits per heavy atom. The normalized spacial score (nSPS) is 16.9. The summed E-state index contributed by atoms with van der Waals surface area (Å²) < 4.78 is 4.09. The lowest BCUT2D eigenvalue weighted by atomic mass is 9.82. The van der Waals surface area contributed by atoms with Crippen molar-refractivity contribution >= 4 is 66.6 Å². The lowest BCUT2D eigenvalue weighted by Gasteiger charge is -2.25. The van der Waals surface area contributed by atoms with Crippen LogP contribution in [-0.2, 0) is 36.5 Å². The molecule has 0 bridgehead atoms. The van der Waals surface area contributed by atoms with Gasteiger partial charge in [-0.1, -0.05) is 65.5 Å². The summed E-state index contributed by atoms with van der Waals surface area (Å²) in [6, 6.07) is 16.2. The Morgan fingerprint density at radius 2 is 1.18 bits per heavy atom. The van der Waals surface area contributed by atoms with Crippen LogP contribution in [0, 0.1) is 0 Å². The van der Waals surface area contributed by atoms with Crippen LogP contribution in [0.2, 0.25) is 0 Å². The summed E-state index contributed by atoms with van der Waals surface area (Å²) in [5.41, 5.74) is 4.18. The molecule has 7 rings (SSSR count). The molecule has 0 unspecified atom stereocenters. The second-order valence-corrected chi connectivity index (χ2v) is 13.5. The van der Waals surface area contributed by atoms with Gasteiger partial charge in [-0.15, -0.1) is 20.4 Å². The largest absolute Gasteiger partial charge is 0.350 e. The van der Waals surface area contributed by atoms with Crippen molar-refractivity contribution in [3.63, 3.8) is 0 Å². The lowest BCUT2D eigenvalue weighted by molar-refractivity contribution is -0.116. The molecule has 2 amide bonds. The van der Waals surface area contributed by atoms with E-state index in [1.54, 1.807) is 0 Å². The minimum Gasteiger partial charge on any atom is -0.350 e. The Balaban J connectivity index is 0.956. The maximum Gasteiger partial charge on any atom is 0.230 e. The Hall–Kier alpha value is -4.42. The molecule has 2 aromatic carbocycles. The summed E-state index contributed by atoms with van der Waals surface area (Å²) >= 11 is 2.90. The highest BCUT2D eigenvalue weighted by molar-refractivity contribution is 7.15. The third kappa shape index (κ3) is 5.74. The quantitative estimate of drug-likeness (QED) is 0.209. The zero-order valence-corrected chi connectivity index (χ0v) is 26.1. The molecule has 4 aromatic heterocycles. The topological polar surface area (TPSA) is 120 Å².